The van der Waals surface area contributed by atoms with Crippen molar-refractivity contribution in [3.63, 3.8) is 0 Å². The highest BCUT2D eigenvalue weighted by Gasteiger charge is 2.19. The van der Waals surface area contributed by atoms with Gasteiger partial charge in [0.1, 0.15) is 5.82 Å². The van der Waals surface area contributed by atoms with Gasteiger partial charge in [0.15, 0.2) is 0 Å². The Morgan fingerprint density at radius 2 is 2.26 bits per heavy atom. The summed E-state index contributed by atoms with van der Waals surface area (Å²) in [7, 11) is 1.72. The molecule has 0 unspecified atom stereocenters. The number of rotatable bonds is 7. The lowest BCUT2D eigenvalue weighted by molar-refractivity contribution is -0.384. The molecule has 1 heterocycles. The first-order valence-corrected chi connectivity index (χ1v) is 5.90. The third-order valence-corrected chi connectivity index (χ3v) is 2.44. The third-order valence-electron chi connectivity index (χ3n) is 2.44. The van der Waals surface area contributed by atoms with Crippen LogP contribution in [0.4, 0.5) is 17.3 Å². The van der Waals surface area contributed by atoms with Crippen LogP contribution in [0.2, 0.25) is 0 Å². The molecule has 0 amide bonds. The Morgan fingerprint density at radius 1 is 1.58 bits per heavy atom. The van der Waals surface area contributed by atoms with E-state index in [0.717, 1.165) is 0 Å². The highest BCUT2D eigenvalue weighted by Crippen LogP contribution is 2.26. The van der Waals surface area contributed by atoms with Gasteiger partial charge >= 0.3 is 5.69 Å². The predicted octanol–water partition coefficient (Wildman–Crippen LogP) is 1.14. The first-order chi connectivity index (χ1) is 8.95. The average Bonchev–Trinajstić information content (AvgIpc) is 2.37. The summed E-state index contributed by atoms with van der Waals surface area (Å²) in [5.41, 5.74) is 2.31. The second kappa shape index (κ2) is 6.86. The van der Waals surface area contributed by atoms with E-state index >= 15 is 0 Å². The van der Waals surface area contributed by atoms with Crippen molar-refractivity contribution in [2.45, 2.75) is 20.0 Å². The molecule has 0 aromatic carbocycles. The van der Waals surface area contributed by atoms with Gasteiger partial charge in [-0.05, 0) is 19.9 Å². The molecule has 0 spiro atoms. The van der Waals surface area contributed by atoms with E-state index in [1.807, 2.05) is 13.8 Å². The van der Waals surface area contributed by atoms with Crippen LogP contribution in [0, 0.1) is 10.1 Å². The van der Waals surface area contributed by atoms with Crippen molar-refractivity contribution in [1.29, 1.82) is 0 Å². The number of hydrogen-bond acceptors (Lipinski definition) is 7. The summed E-state index contributed by atoms with van der Waals surface area (Å²) in [6.07, 6.45) is 0.119. The molecule has 0 radical (unpaired) electrons. The normalized spacial score (nSPS) is 10.6. The van der Waals surface area contributed by atoms with Crippen LogP contribution in [0.15, 0.2) is 12.1 Å². The Morgan fingerprint density at radius 3 is 2.79 bits per heavy atom. The summed E-state index contributed by atoms with van der Waals surface area (Å²) in [6.45, 7) is 4.83. The molecule has 106 valence electrons. The molecule has 0 aliphatic rings. The van der Waals surface area contributed by atoms with E-state index in [-0.39, 0.29) is 17.6 Å². The minimum Gasteiger partial charge on any atom is -0.377 e. The van der Waals surface area contributed by atoms with Crippen molar-refractivity contribution in [3.8, 4) is 0 Å². The Kier molecular flexibility index (Phi) is 5.46. The maximum absolute atomic E-state index is 11.0. The summed E-state index contributed by atoms with van der Waals surface area (Å²) in [5.74, 6) is 5.89. The van der Waals surface area contributed by atoms with E-state index in [2.05, 4.69) is 10.4 Å². The number of likely N-dealkylation sites (N-methyl/N-ethyl adjacent to an activating group) is 1. The molecule has 1 rings (SSSR count). The number of ether oxygens (including phenoxy) is 1. The number of anilines is 2. The van der Waals surface area contributed by atoms with Crippen molar-refractivity contribution < 1.29 is 9.66 Å². The molecular weight excluding hydrogens is 250 g/mol. The summed E-state index contributed by atoms with van der Waals surface area (Å²) in [5, 5.41) is 11.0. The van der Waals surface area contributed by atoms with Gasteiger partial charge in [0.2, 0.25) is 5.82 Å². The maximum atomic E-state index is 11.0. The van der Waals surface area contributed by atoms with E-state index in [0.29, 0.717) is 19.0 Å². The quantitative estimate of drug-likeness (QED) is 0.434. The smallest absolute Gasteiger partial charge is 0.311 e. The van der Waals surface area contributed by atoms with Crippen LogP contribution < -0.4 is 16.2 Å². The van der Waals surface area contributed by atoms with Crippen molar-refractivity contribution in [2.75, 3.05) is 30.5 Å². The molecule has 0 aliphatic carbocycles. The van der Waals surface area contributed by atoms with Crippen LogP contribution in [-0.2, 0) is 4.74 Å². The van der Waals surface area contributed by atoms with Crippen molar-refractivity contribution >= 4 is 17.3 Å². The molecule has 0 aliphatic heterocycles. The van der Waals surface area contributed by atoms with Gasteiger partial charge in [0.25, 0.3) is 0 Å². The predicted molar refractivity (Wildman–Crippen MR) is 73.1 cm³/mol. The zero-order valence-electron chi connectivity index (χ0n) is 11.3. The highest BCUT2D eigenvalue weighted by molar-refractivity contribution is 5.61. The van der Waals surface area contributed by atoms with E-state index < -0.39 is 4.92 Å². The zero-order chi connectivity index (χ0) is 14.4. The maximum Gasteiger partial charge on any atom is 0.311 e. The zero-order valence-corrected chi connectivity index (χ0v) is 11.3. The fourth-order valence-corrected chi connectivity index (χ4v) is 1.48. The third kappa shape index (κ3) is 4.34. The minimum atomic E-state index is -0.470. The minimum absolute atomic E-state index is 0.0638. The summed E-state index contributed by atoms with van der Waals surface area (Å²) >= 11 is 0. The van der Waals surface area contributed by atoms with E-state index in [4.69, 9.17) is 10.6 Å². The van der Waals surface area contributed by atoms with Crippen molar-refractivity contribution in [3.05, 3.63) is 22.2 Å². The lowest BCUT2D eigenvalue weighted by Gasteiger charge is -2.19. The van der Waals surface area contributed by atoms with Crippen LogP contribution in [0.1, 0.15) is 13.8 Å². The first kappa shape index (κ1) is 15.1. The number of hydrogen-bond donors (Lipinski definition) is 2. The van der Waals surface area contributed by atoms with Crippen LogP contribution in [0.25, 0.3) is 0 Å². The highest BCUT2D eigenvalue weighted by atomic mass is 16.6. The van der Waals surface area contributed by atoms with Crippen LogP contribution in [0.5, 0.6) is 0 Å². The number of nitro groups is 1. The van der Waals surface area contributed by atoms with Gasteiger partial charge in [-0.2, -0.15) is 0 Å². The molecule has 0 atom stereocenters. The van der Waals surface area contributed by atoms with Gasteiger partial charge in [-0.3, -0.25) is 10.1 Å². The van der Waals surface area contributed by atoms with Crippen LogP contribution >= 0.6 is 0 Å². The van der Waals surface area contributed by atoms with Gasteiger partial charge in [-0.1, -0.05) is 0 Å². The lowest BCUT2D eigenvalue weighted by Crippen LogP contribution is -2.26. The molecule has 0 saturated carbocycles. The number of pyridine rings is 1. The number of nitrogens with one attached hydrogen (secondary N) is 1. The fraction of sp³-hybridized carbons (Fsp3) is 0.545. The summed E-state index contributed by atoms with van der Waals surface area (Å²) in [4.78, 5) is 16.3. The van der Waals surface area contributed by atoms with Crippen molar-refractivity contribution in [2.24, 2.45) is 5.84 Å². The number of nitrogens with zero attached hydrogens (tertiary/aromatic N) is 3. The SMILES string of the molecule is CC(C)OCCN(C)c1nc(NN)ccc1[N+](=O)[O-]. The van der Waals surface area contributed by atoms with E-state index in [1.165, 1.54) is 12.1 Å². The standard InChI is InChI=1S/C11H19N5O3/c1-8(2)19-7-6-15(3)11-9(16(17)18)4-5-10(13-11)14-12/h4-5,8H,6-7,12H2,1-3H3,(H,13,14). The topological polar surface area (TPSA) is 107 Å². The summed E-state index contributed by atoms with van der Waals surface area (Å²) < 4.78 is 5.41. The fourth-order valence-electron chi connectivity index (χ4n) is 1.48. The number of hydrazine groups is 1. The Bertz CT molecular complexity index is 438. The molecule has 1 aromatic rings. The lowest BCUT2D eigenvalue weighted by atomic mass is 10.3. The van der Waals surface area contributed by atoms with E-state index in [9.17, 15) is 10.1 Å². The molecule has 19 heavy (non-hydrogen) atoms. The first-order valence-electron chi connectivity index (χ1n) is 5.90. The van der Waals surface area contributed by atoms with Gasteiger partial charge in [0, 0.05) is 19.7 Å². The van der Waals surface area contributed by atoms with Crippen LogP contribution in [-0.4, -0.2) is 36.2 Å². The largest absolute Gasteiger partial charge is 0.377 e. The number of nitrogen functional groups attached to an aromatic ring is 1. The van der Waals surface area contributed by atoms with Gasteiger partial charge in [-0.25, -0.2) is 10.8 Å². The molecule has 3 N–H and O–H groups in total. The molecule has 8 nitrogen and oxygen atoms in total. The molecule has 0 fully saturated rings. The molecule has 1 aromatic heterocycles. The number of aromatic nitrogens is 1. The summed E-state index contributed by atoms with van der Waals surface area (Å²) in [6, 6.07) is 2.83. The van der Waals surface area contributed by atoms with Crippen molar-refractivity contribution in [1.82, 2.24) is 4.98 Å². The van der Waals surface area contributed by atoms with Gasteiger partial charge in [-0.15, -0.1) is 0 Å². The Hall–Kier alpha value is -1.93. The van der Waals surface area contributed by atoms with Gasteiger partial charge < -0.3 is 15.1 Å². The number of nitrogens with two attached hydrogens (primary N) is 1. The molecule has 0 bridgehead atoms. The molecule has 0 saturated heterocycles. The second-order valence-electron chi connectivity index (χ2n) is 4.28. The van der Waals surface area contributed by atoms with Crippen LogP contribution in [0.3, 0.4) is 0 Å². The average molecular weight is 269 g/mol. The Labute approximate surface area is 111 Å². The Balaban J connectivity index is 2.86. The van der Waals surface area contributed by atoms with E-state index in [1.54, 1.807) is 11.9 Å². The molecule has 8 heteroatoms. The molecular formula is C11H19N5O3. The second-order valence-corrected chi connectivity index (χ2v) is 4.28. The van der Waals surface area contributed by atoms with Gasteiger partial charge in [0.05, 0.1) is 17.6 Å². The monoisotopic (exact) mass is 269 g/mol.